The largest absolute Gasteiger partial charge is 0.388 e. The van der Waals surface area contributed by atoms with Crippen LogP contribution in [0.2, 0.25) is 0 Å². The Kier molecular flexibility index (Phi) is 7.40. The number of ether oxygens (including phenoxy) is 2. The van der Waals surface area contributed by atoms with E-state index in [-0.39, 0.29) is 42.9 Å². The first kappa shape index (κ1) is 21.5. The van der Waals surface area contributed by atoms with Crippen LogP contribution in [-0.4, -0.2) is 60.7 Å². The molecular weight excluding hydrogens is 381 g/mol. The number of amides is 3. The molecule has 0 bridgehead atoms. The molecule has 0 saturated carbocycles. The van der Waals surface area contributed by atoms with E-state index in [1.807, 2.05) is 6.92 Å². The van der Waals surface area contributed by atoms with Gasteiger partial charge in [0.05, 0.1) is 18.6 Å². The third kappa shape index (κ3) is 5.88. The van der Waals surface area contributed by atoms with Crippen molar-refractivity contribution >= 4 is 11.9 Å². The van der Waals surface area contributed by atoms with E-state index in [0.717, 1.165) is 12.0 Å². The molecule has 0 spiro atoms. The maximum absolute atomic E-state index is 12.9. The van der Waals surface area contributed by atoms with Gasteiger partial charge in [-0.1, -0.05) is 19.1 Å². The summed E-state index contributed by atoms with van der Waals surface area (Å²) in [6.45, 7) is 3.04. The zero-order valence-corrected chi connectivity index (χ0v) is 16.4. The molecule has 1 aromatic carbocycles. The fourth-order valence-electron chi connectivity index (χ4n) is 3.59. The number of carbonyl (C=O) groups is 2. The van der Waals surface area contributed by atoms with Gasteiger partial charge in [-0.3, -0.25) is 4.79 Å². The molecule has 1 aromatic rings. The van der Waals surface area contributed by atoms with Gasteiger partial charge in [-0.25, -0.2) is 9.18 Å². The maximum atomic E-state index is 12.9. The second kappa shape index (κ2) is 10.00. The van der Waals surface area contributed by atoms with Crippen LogP contribution >= 0.6 is 0 Å². The SMILES string of the molecule is CCCNC(=O)NC[C@H]1O[C@@H]2C[C@@H](CC(=O)NCc3ccc(F)cc3)O[C@@H]2[C@@H]1O. The van der Waals surface area contributed by atoms with E-state index in [1.165, 1.54) is 12.1 Å². The molecule has 8 nitrogen and oxygen atoms in total. The van der Waals surface area contributed by atoms with Crippen LogP contribution in [0.5, 0.6) is 0 Å². The van der Waals surface area contributed by atoms with Crippen molar-refractivity contribution in [3.8, 4) is 0 Å². The Labute approximate surface area is 169 Å². The minimum Gasteiger partial charge on any atom is -0.388 e. The van der Waals surface area contributed by atoms with E-state index >= 15 is 0 Å². The molecule has 2 heterocycles. The first-order chi connectivity index (χ1) is 14.0. The first-order valence-corrected chi connectivity index (χ1v) is 9.98. The lowest BCUT2D eigenvalue weighted by Gasteiger charge is -2.20. The number of carbonyl (C=O) groups excluding carboxylic acids is 2. The zero-order valence-electron chi connectivity index (χ0n) is 16.4. The number of aliphatic hydroxyl groups is 1. The highest BCUT2D eigenvalue weighted by Gasteiger charge is 2.50. The molecule has 5 atom stereocenters. The Morgan fingerprint density at radius 3 is 2.62 bits per heavy atom. The van der Waals surface area contributed by atoms with Crippen LogP contribution in [0.3, 0.4) is 0 Å². The van der Waals surface area contributed by atoms with E-state index in [1.54, 1.807) is 12.1 Å². The third-order valence-electron chi connectivity index (χ3n) is 5.09. The van der Waals surface area contributed by atoms with Gasteiger partial charge >= 0.3 is 6.03 Å². The summed E-state index contributed by atoms with van der Waals surface area (Å²) in [7, 11) is 0. The topological polar surface area (TPSA) is 109 Å². The molecule has 4 N–H and O–H groups in total. The molecule has 2 aliphatic rings. The van der Waals surface area contributed by atoms with Gasteiger partial charge in [0, 0.05) is 26.1 Å². The summed E-state index contributed by atoms with van der Waals surface area (Å²) in [6, 6.07) is 5.64. The number of halogens is 1. The summed E-state index contributed by atoms with van der Waals surface area (Å²) in [6.07, 6.45) is -1.04. The molecule has 2 fully saturated rings. The highest BCUT2D eigenvalue weighted by molar-refractivity contribution is 5.76. The average Bonchev–Trinajstić information content (AvgIpc) is 3.22. The van der Waals surface area contributed by atoms with Crippen LogP contribution in [0.1, 0.15) is 31.7 Å². The fraction of sp³-hybridized carbons (Fsp3) is 0.600. The van der Waals surface area contributed by atoms with Crippen LogP contribution in [0, 0.1) is 5.82 Å². The number of nitrogens with one attached hydrogen (secondary N) is 3. The van der Waals surface area contributed by atoms with E-state index < -0.39 is 18.3 Å². The van der Waals surface area contributed by atoms with Crippen molar-refractivity contribution in [2.75, 3.05) is 13.1 Å². The molecular formula is C20H28FN3O5. The highest BCUT2D eigenvalue weighted by Crippen LogP contribution is 2.35. The van der Waals surface area contributed by atoms with E-state index in [4.69, 9.17) is 9.47 Å². The number of hydrogen-bond donors (Lipinski definition) is 4. The monoisotopic (exact) mass is 409 g/mol. The van der Waals surface area contributed by atoms with Gasteiger partial charge in [-0.15, -0.1) is 0 Å². The van der Waals surface area contributed by atoms with Crippen LogP contribution in [0.4, 0.5) is 9.18 Å². The number of rotatable bonds is 8. The molecule has 29 heavy (non-hydrogen) atoms. The molecule has 2 saturated heterocycles. The van der Waals surface area contributed by atoms with Crippen LogP contribution in [0.15, 0.2) is 24.3 Å². The molecule has 0 aliphatic carbocycles. The smallest absolute Gasteiger partial charge is 0.314 e. The second-order valence-electron chi connectivity index (χ2n) is 7.41. The van der Waals surface area contributed by atoms with Crippen molar-refractivity contribution in [1.29, 1.82) is 0 Å². The van der Waals surface area contributed by atoms with E-state index in [2.05, 4.69) is 16.0 Å². The summed E-state index contributed by atoms with van der Waals surface area (Å²) in [5, 5.41) is 18.6. The Morgan fingerprint density at radius 2 is 1.93 bits per heavy atom. The number of urea groups is 1. The zero-order chi connectivity index (χ0) is 20.8. The van der Waals surface area contributed by atoms with Gasteiger partial charge in [0.1, 0.15) is 24.1 Å². The van der Waals surface area contributed by atoms with Crippen molar-refractivity contribution < 1.29 is 28.6 Å². The van der Waals surface area contributed by atoms with Crippen LogP contribution in [0.25, 0.3) is 0 Å². The predicted octanol–water partition coefficient (Wildman–Crippen LogP) is 0.827. The van der Waals surface area contributed by atoms with Gasteiger partial charge in [0.25, 0.3) is 0 Å². The van der Waals surface area contributed by atoms with E-state index in [9.17, 15) is 19.1 Å². The quantitative estimate of drug-likeness (QED) is 0.509. The van der Waals surface area contributed by atoms with Crippen molar-refractivity contribution in [2.24, 2.45) is 0 Å². The molecule has 9 heteroatoms. The molecule has 0 radical (unpaired) electrons. The lowest BCUT2D eigenvalue weighted by molar-refractivity contribution is -0.124. The van der Waals surface area contributed by atoms with Crippen molar-refractivity contribution in [1.82, 2.24) is 16.0 Å². The average molecular weight is 409 g/mol. The fourth-order valence-corrected chi connectivity index (χ4v) is 3.59. The van der Waals surface area contributed by atoms with Crippen molar-refractivity contribution in [3.05, 3.63) is 35.6 Å². The second-order valence-corrected chi connectivity index (χ2v) is 7.41. The van der Waals surface area contributed by atoms with E-state index in [0.29, 0.717) is 19.5 Å². The Hall–Kier alpha value is -2.23. The van der Waals surface area contributed by atoms with Crippen molar-refractivity contribution in [3.63, 3.8) is 0 Å². The minimum absolute atomic E-state index is 0.159. The lowest BCUT2D eigenvalue weighted by atomic mass is 10.1. The van der Waals surface area contributed by atoms with Gasteiger partial charge in [0.15, 0.2) is 0 Å². The Bertz CT molecular complexity index is 702. The predicted molar refractivity (Wildman–Crippen MR) is 103 cm³/mol. The molecule has 0 unspecified atom stereocenters. The molecule has 0 aromatic heterocycles. The van der Waals surface area contributed by atoms with Gasteiger partial charge < -0.3 is 30.5 Å². The normalized spacial score (nSPS) is 28.0. The Balaban J connectivity index is 1.38. The summed E-state index contributed by atoms with van der Waals surface area (Å²) in [4.78, 5) is 23.8. The summed E-state index contributed by atoms with van der Waals surface area (Å²) < 4.78 is 24.5. The number of benzene rings is 1. The van der Waals surface area contributed by atoms with Crippen molar-refractivity contribution in [2.45, 2.75) is 63.3 Å². The molecule has 3 amide bonds. The standard InChI is InChI=1S/C20H28FN3O5/c1-2-7-22-20(27)24-11-16-18(26)19-15(29-16)8-14(28-19)9-17(25)23-10-12-3-5-13(21)6-4-12/h3-6,14-16,18-19,26H,2,7-11H2,1H3,(H,23,25)(H2,22,24,27)/t14-,15+,16+,18+,19-/m0/s1. The van der Waals surface area contributed by atoms with Crippen LogP contribution in [-0.2, 0) is 20.8 Å². The summed E-state index contributed by atoms with van der Waals surface area (Å²) >= 11 is 0. The molecule has 160 valence electrons. The Morgan fingerprint density at radius 1 is 1.17 bits per heavy atom. The number of hydrogen-bond acceptors (Lipinski definition) is 5. The molecule has 2 aliphatic heterocycles. The van der Waals surface area contributed by atoms with Gasteiger partial charge in [-0.2, -0.15) is 0 Å². The van der Waals surface area contributed by atoms with Crippen LogP contribution < -0.4 is 16.0 Å². The van der Waals surface area contributed by atoms with Gasteiger partial charge in [0.2, 0.25) is 5.91 Å². The maximum Gasteiger partial charge on any atom is 0.314 e. The number of fused-ring (bicyclic) bond motifs is 1. The lowest BCUT2D eigenvalue weighted by Crippen LogP contribution is -2.44. The third-order valence-corrected chi connectivity index (χ3v) is 5.09. The molecule has 3 rings (SSSR count). The first-order valence-electron chi connectivity index (χ1n) is 9.98. The summed E-state index contributed by atoms with van der Waals surface area (Å²) in [5.74, 6) is -0.501. The minimum atomic E-state index is -0.862. The van der Waals surface area contributed by atoms with Gasteiger partial charge in [-0.05, 0) is 24.1 Å². The number of aliphatic hydroxyl groups excluding tert-OH is 1. The highest BCUT2D eigenvalue weighted by atomic mass is 19.1. The summed E-state index contributed by atoms with van der Waals surface area (Å²) in [5.41, 5.74) is 0.807.